The Hall–Kier alpha value is -2.73. The molecule has 1 saturated heterocycles. The van der Waals surface area contributed by atoms with Crippen molar-refractivity contribution in [3.8, 4) is 5.69 Å². The third kappa shape index (κ3) is 3.72. The zero-order valence-electron chi connectivity index (χ0n) is 18.1. The molecule has 0 aliphatic carbocycles. The van der Waals surface area contributed by atoms with E-state index in [9.17, 15) is 9.18 Å². The van der Waals surface area contributed by atoms with E-state index >= 15 is 0 Å². The summed E-state index contributed by atoms with van der Waals surface area (Å²) in [7, 11) is 3.91. The van der Waals surface area contributed by atoms with Gasteiger partial charge >= 0.3 is 0 Å². The molecule has 1 aromatic carbocycles. The topological polar surface area (TPSA) is 41.4 Å². The number of rotatable bonds is 4. The van der Waals surface area contributed by atoms with Crippen molar-refractivity contribution in [2.24, 2.45) is 0 Å². The predicted molar refractivity (Wildman–Crippen MR) is 118 cm³/mol. The quantitative estimate of drug-likeness (QED) is 0.640. The molecule has 158 valence electrons. The van der Waals surface area contributed by atoms with Crippen LogP contribution in [0, 0.1) is 5.82 Å². The minimum atomic E-state index is -0.413. The summed E-state index contributed by atoms with van der Waals surface area (Å²) in [6.45, 7) is 6.04. The Morgan fingerprint density at radius 1 is 1.23 bits per heavy atom. The molecule has 3 aromatic rings. The molecule has 1 fully saturated rings. The van der Waals surface area contributed by atoms with E-state index in [1.165, 1.54) is 17.7 Å². The maximum Gasteiger partial charge on any atom is 0.256 e. The van der Waals surface area contributed by atoms with Gasteiger partial charge in [-0.3, -0.25) is 9.78 Å². The second kappa shape index (κ2) is 8.19. The Balaban J connectivity index is 1.86. The van der Waals surface area contributed by atoms with E-state index < -0.39 is 5.82 Å². The fraction of sp³-hybridized carbons (Fsp3) is 0.417. The maximum atomic E-state index is 14.1. The van der Waals surface area contributed by atoms with Crippen molar-refractivity contribution in [2.45, 2.75) is 38.6 Å². The van der Waals surface area contributed by atoms with Gasteiger partial charge in [0.25, 0.3) is 5.91 Å². The zero-order valence-corrected chi connectivity index (χ0v) is 18.1. The van der Waals surface area contributed by atoms with Crippen molar-refractivity contribution in [3.05, 3.63) is 59.8 Å². The lowest BCUT2D eigenvalue weighted by molar-refractivity contribution is 0.0754. The number of hydrogen-bond donors (Lipinski definition) is 0. The molecule has 0 bridgehead atoms. The maximum absolute atomic E-state index is 14.1. The summed E-state index contributed by atoms with van der Waals surface area (Å²) < 4.78 is 16.1. The summed E-state index contributed by atoms with van der Waals surface area (Å²) in [4.78, 5) is 21.5. The van der Waals surface area contributed by atoms with E-state index in [1.54, 1.807) is 18.0 Å². The van der Waals surface area contributed by atoms with Crippen LogP contribution in [-0.2, 0) is 0 Å². The molecule has 5 nitrogen and oxygen atoms in total. The fourth-order valence-corrected chi connectivity index (χ4v) is 4.26. The largest absolute Gasteiger partial charge is 0.339 e. The molecule has 0 spiro atoms. The highest BCUT2D eigenvalue weighted by Gasteiger charge is 2.25. The minimum Gasteiger partial charge on any atom is -0.339 e. The average Bonchev–Trinajstić information content (AvgIpc) is 3.12. The van der Waals surface area contributed by atoms with Crippen molar-refractivity contribution >= 4 is 16.8 Å². The molecule has 2 aromatic heterocycles. The molecular weight excluding hydrogens is 379 g/mol. The van der Waals surface area contributed by atoms with Gasteiger partial charge in [0.15, 0.2) is 0 Å². The van der Waals surface area contributed by atoms with Gasteiger partial charge < -0.3 is 14.4 Å². The molecule has 1 aliphatic heterocycles. The van der Waals surface area contributed by atoms with Crippen LogP contribution in [0.3, 0.4) is 0 Å². The standard InChI is InChI=1S/C24H29FN4O/c1-16(2)28(4)24(30)20-13-18(25)5-6-22(20)29-15-21(17-8-11-27(3)12-9-17)19-7-10-26-14-23(19)29/h5-7,10,13-17H,8-9,11-12H2,1-4H3. The summed E-state index contributed by atoms with van der Waals surface area (Å²) in [5.74, 6) is -0.138. The van der Waals surface area contributed by atoms with Crippen LogP contribution >= 0.6 is 0 Å². The van der Waals surface area contributed by atoms with Crippen molar-refractivity contribution < 1.29 is 9.18 Å². The third-order valence-corrected chi connectivity index (χ3v) is 6.34. The number of pyridine rings is 1. The van der Waals surface area contributed by atoms with E-state index in [4.69, 9.17) is 0 Å². The van der Waals surface area contributed by atoms with Gasteiger partial charge in [0, 0.05) is 30.9 Å². The van der Waals surface area contributed by atoms with E-state index in [-0.39, 0.29) is 11.9 Å². The van der Waals surface area contributed by atoms with Gasteiger partial charge in [0.1, 0.15) is 5.82 Å². The second-order valence-electron chi connectivity index (χ2n) is 8.60. The summed E-state index contributed by atoms with van der Waals surface area (Å²) in [6, 6.07) is 6.52. The summed E-state index contributed by atoms with van der Waals surface area (Å²) in [5, 5.41) is 1.15. The smallest absolute Gasteiger partial charge is 0.256 e. The van der Waals surface area contributed by atoms with Gasteiger partial charge in [-0.25, -0.2) is 4.39 Å². The highest BCUT2D eigenvalue weighted by atomic mass is 19.1. The van der Waals surface area contributed by atoms with Crippen LogP contribution in [0.25, 0.3) is 16.6 Å². The number of halogens is 1. The van der Waals surface area contributed by atoms with Crippen molar-refractivity contribution in [2.75, 3.05) is 27.2 Å². The molecule has 0 unspecified atom stereocenters. The van der Waals surface area contributed by atoms with Crippen LogP contribution in [-0.4, -0.2) is 58.5 Å². The molecule has 6 heteroatoms. The summed E-state index contributed by atoms with van der Waals surface area (Å²) >= 11 is 0. The number of likely N-dealkylation sites (tertiary alicyclic amines) is 1. The van der Waals surface area contributed by atoms with E-state index in [1.807, 2.05) is 36.9 Å². The van der Waals surface area contributed by atoms with Crippen molar-refractivity contribution in [1.82, 2.24) is 19.4 Å². The SMILES string of the molecule is CC(C)N(C)C(=O)c1cc(F)ccc1-n1cc(C2CCN(C)CC2)c2ccncc21. The first kappa shape index (κ1) is 20.5. The zero-order chi connectivity index (χ0) is 21.4. The predicted octanol–water partition coefficient (Wildman–Crippen LogP) is 4.45. The van der Waals surface area contributed by atoms with Gasteiger partial charge in [-0.15, -0.1) is 0 Å². The van der Waals surface area contributed by atoms with E-state index in [0.717, 1.165) is 36.8 Å². The molecule has 0 atom stereocenters. The molecular formula is C24H29FN4O. The van der Waals surface area contributed by atoms with Gasteiger partial charge in [0.05, 0.1) is 23.0 Å². The normalized spacial score (nSPS) is 15.8. The van der Waals surface area contributed by atoms with E-state index in [2.05, 4.69) is 23.1 Å². The number of hydrogen-bond acceptors (Lipinski definition) is 3. The van der Waals surface area contributed by atoms with Crippen LogP contribution in [0.15, 0.2) is 42.9 Å². The Bertz CT molecular complexity index is 1070. The molecule has 4 rings (SSSR count). The number of benzene rings is 1. The first-order valence-electron chi connectivity index (χ1n) is 10.6. The van der Waals surface area contributed by atoms with Crippen LogP contribution in [0.5, 0.6) is 0 Å². The molecule has 1 aliphatic rings. The number of piperidine rings is 1. The number of carbonyl (C=O) groups excluding carboxylic acids is 1. The first-order chi connectivity index (χ1) is 14.4. The Morgan fingerprint density at radius 2 is 1.97 bits per heavy atom. The molecule has 0 saturated carbocycles. The third-order valence-electron chi connectivity index (χ3n) is 6.34. The van der Waals surface area contributed by atoms with E-state index in [0.29, 0.717) is 17.2 Å². The van der Waals surface area contributed by atoms with Gasteiger partial charge in [-0.05, 0) is 82.6 Å². The molecule has 30 heavy (non-hydrogen) atoms. The van der Waals surface area contributed by atoms with Crippen LogP contribution < -0.4 is 0 Å². The lowest BCUT2D eigenvalue weighted by Gasteiger charge is -2.28. The van der Waals surface area contributed by atoms with Gasteiger partial charge in [-0.2, -0.15) is 0 Å². The highest BCUT2D eigenvalue weighted by Crippen LogP contribution is 2.36. The Kier molecular flexibility index (Phi) is 5.60. The molecule has 0 radical (unpaired) electrons. The van der Waals surface area contributed by atoms with Crippen molar-refractivity contribution in [1.29, 1.82) is 0 Å². The van der Waals surface area contributed by atoms with Crippen LogP contribution in [0.4, 0.5) is 4.39 Å². The number of aromatic nitrogens is 2. The minimum absolute atomic E-state index is 0.0199. The molecule has 0 N–H and O–H groups in total. The molecule has 3 heterocycles. The number of fused-ring (bicyclic) bond motifs is 1. The number of amides is 1. The van der Waals surface area contributed by atoms with Gasteiger partial charge in [0.2, 0.25) is 0 Å². The van der Waals surface area contributed by atoms with Crippen LogP contribution in [0.2, 0.25) is 0 Å². The molecule has 1 amide bonds. The lowest BCUT2D eigenvalue weighted by atomic mass is 9.90. The van der Waals surface area contributed by atoms with Crippen molar-refractivity contribution in [3.63, 3.8) is 0 Å². The fourth-order valence-electron chi connectivity index (χ4n) is 4.26. The second-order valence-corrected chi connectivity index (χ2v) is 8.60. The average molecular weight is 409 g/mol. The first-order valence-corrected chi connectivity index (χ1v) is 10.6. The summed E-state index contributed by atoms with van der Waals surface area (Å²) in [6.07, 6.45) is 7.97. The Morgan fingerprint density at radius 3 is 2.67 bits per heavy atom. The number of carbonyl (C=O) groups is 1. The van der Waals surface area contributed by atoms with Gasteiger partial charge in [-0.1, -0.05) is 0 Å². The monoisotopic (exact) mass is 408 g/mol. The highest BCUT2D eigenvalue weighted by molar-refractivity contribution is 5.99. The lowest BCUT2D eigenvalue weighted by Crippen LogP contribution is -2.33. The Labute approximate surface area is 177 Å². The summed E-state index contributed by atoms with van der Waals surface area (Å²) in [5.41, 5.74) is 3.27. The number of nitrogens with zero attached hydrogens (tertiary/aromatic N) is 4. The van der Waals surface area contributed by atoms with Crippen LogP contribution in [0.1, 0.15) is 48.5 Å².